The van der Waals surface area contributed by atoms with Crippen LogP contribution in [0.4, 0.5) is 18.0 Å². The predicted molar refractivity (Wildman–Crippen MR) is 125 cm³/mol. The van der Waals surface area contributed by atoms with Crippen molar-refractivity contribution in [1.29, 1.82) is 0 Å². The van der Waals surface area contributed by atoms with E-state index in [1.54, 1.807) is 20.8 Å². The number of ether oxygens (including phenoxy) is 2. The van der Waals surface area contributed by atoms with E-state index >= 15 is 0 Å². The minimum Gasteiger partial charge on any atom is -0.466 e. The number of nitrogens with zero attached hydrogens (tertiary/aromatic N) is 2. The highest BCUT2D eigenvalue weighted by Gasteiger charge is 2.43. The number of hydrogen-bond acceptors (Lipinski definition) is 6. The van der Waals surface area contributed by atoms with E-state index in [1.807, 2.05) is 4.90 Å². The Morgan fingerprint density at radius 3 is 2.28 bits per heavy atom. The number of alkyl halides is 3. The minimum absolute atomic E-state index is 0.0221. The summed E-state index contributed by atoms with van der Waals surface area (Å²) in [7, 11) is 0. The number of likely N-dealkylation sites (N-methyl/N-ethyl adjacent to an activating group) is 1. The first-order valence-electron chi connectivity index (χ1n) is 12.2. The summed E-state index contributed by atoms with van der Waals surface area (Å²) in [6.45, 7) is 6.77. The van der Waals surface area contributed by atoms with E-state index in [4.69, 9.17) is 9.47 Å². The van der Waals surface area contributed by atoms with Gasteiger partial charge in [-0.05, 0) is 58.3 Å². The van der Waals surface area contributed by atoms with Crippen LogP contribution in [-0.4, -0.2) is 67.2 Å². The zero-order valence-corrected chi connectivity index (χ0v) is 20.7. The maximum absolute atomic E-state index is 13.8. The van der Waals surface area contributed by atoms with E-state index in [9.17, 15) is 27.6 Å². The zero-order chi connectivity index (χ0) is 26.5. The second kappa shape index (κ2) is 11.8. The predicted octanol–water partition coefficient (Wildman–Crippen LogP) is 3.88. The Balaban J connectivity index is 2.02. The molecule has 1 aromatic carbocycles. The molecule has 1 fully saturated rings. The summed E-state index contributed by atoms with van der Waals surface area (Å²) in [5.74, 6) is -1.27. The Labute approximate surface area is 208 Å². The first-order chi connectivity index (χ1) is 17.1. The first kappa shape index (κ1) is 27.5. The van der Waals surface area contributed by atoms with Crippen LogP contribution in [0.1, 0.15) is 50.8 Å². The van der Waals surface area contributed by atoms with Crippen LogP contribution in [0.25, 0.3) is 0 Å². The van der Waals surface area contributed by atoms with Gasteiger partial charge < -0.3 is 14.8 Å². The number of urea groups is 1. The fraction of sp³-hybridized carbons (Fsp3) is 0.560. The topological polar surface area (TPSA) is 88.2 Å². The fourth-order valence-corrected chi connectivity index (χ4v) is 4.70. The Bertz CT molecular complexity index is 1000. The number of esters is 2. The lowest BCUT2D eigenvalue weighted by Crippen LogP contribution is -2.51. The van der Waals surface area contributed by atoms with Crippen molar-refractivity contribution in [3.8, 4) is 0 Å². The Kier molecular flexibility index (Phi) is 8.99. The molecule has 0 saturated carbocycles. The van der Waals surface area contributed by atoms with Gasteiger partial charge in [0.25, 0.3) is 0 Å². The van der Waals surface area contributed by atoms with Crippen molar-refractivity contribution in [3.63, 3.8) is 0 Å². The maximum atomic E-state index is 13.8. The number of nitrogens with one attached hydrogen (secondary N) is 1. The molecule has 2 aliphatic rings. The molecule has 1 N–H and O–H groups in total. The molecule has 0 bridgehead atoms. The molecule has 1 atom stereocenters. The first-order valence-corrected chi connectivity index (χ1v) is 12.2. The number of halogens is 3. The van der Waals surface area contributed by atoms with Crippen molar-refractivity contribution in [3.05, 3.63) is 46.7 Å². The normalized spacial score (nSPS) is 19.8. The molecule has 0 spiro atoms. The van der Waals surface area contributed by atoms with Crippen LogP contribution in [0.5, 0.6) is 0 Å². The standard InChI is InChI=1S/C25H32F3N3O5/c1-4-31-19(15-30-13-11-16(12-14-30)22(32)35-5-2)20(23(33)36-6-3)21(29-24(31)34)17-9-7-8-10-18(17)25(26,27)28/h7-10,16,21H,4-6,11-15H2,1-3H3,(H,29,34)/t21-/m1/s1. The summed E-state index contributed by atoms with van der Waals surface area (Å²) in [6, 6.07) is 2.96. The van der Waals surface area contributed by atoms with Crippen LogP contribution < -0.4 is 5.32 Å². The average molecular weight is 512 g/mol. The molecule has 1 saturated heterocycles. The largest absolute Gasteiger partial charge is 0.466 e. The molecule has 0 aromatic heterocycles. The number of amides is 2. The van der Waals surface area contributed by atoms with Gasteiger partial charge >= 0.3 is 24.1 Å². The van der Waals surface area contributed by atoms with Gasteiger partial charge in [-0.15, -0.1) is 0 Å². The van der Waals surface area contributed by atoms with E-state index in [2.05, 4.69) is 5.32 Å². The maximum Gasteiger partial charge on any atom is 0.416 e. The minimum atomic E-state index is -4.68. The molecule has 198 valence electrons. The second-order valence-corrected chi connectivity index (χ2v) is 8.60. The lowest BCUT2D eigenvalue weighted by atomic mass is 9.90. The van der Waals surface area contributed by atoms with Crippen molar-refractivity contribution in [2.45, 2.75) is 45.8 Å². The van der Waals surface area contributed by atoms with Gasteiger partial charge in [0.1, 0.15) is 0 Å². The summed E-state index contributed by atoms with van der Waals surface area (Å²) in [5, 5.41) is 2.59. The van der Waals surface area contributed by atoms with Gasteiger partial charge in [-0.2, -0.15) is 13.2 Å². The number of carbonyl (C=O) groups is 3. The van der Waals surface area contributed by atoms with E-state index < -0.39 is 29.8 Å². The van der Waals surface area contributed by atoms with Crippen LogP contribution in [-0.2, 0) is 25.2 Å². The molecular weight excluding hydrogens is 479 g/mol. The van der Waals surface area contributed by atoms with E-state index in [1.165, 1.54) is 23.1 Å². The number of rotatable bonds is 8. The zero-order valence-electron chi connectivity index (χ0n) is 20.7. The molecular formula is C25H32F3N3O5. The average Bonchev–Trinajstić information content (AvgIpc) is 2.84. The highest BCUT2D eigenvalue weighted by molar-refractivity contribution is 5.95. The lowest BCUT2D eigenvalue weighted by molar-refractivity contribution is -0.149. The number of piperidine rings is 1. The molecule has 36 heavy (non-hydrogen) atoms. The summed E-state index contributed by atoms with van der Waals surface area (Å²) in [4.78, 5) is 41.6. The third-order valence-corrected chi connectivity index (χ3v) is 6.41. The molecule has 2 aliphatic heterocycles. The Morgan fingerprint density at radius 2 is 1.69 bits per heavy atom. The Hall–Kier alpha value is -3.08. The summed E-state index contributed by atoms with van der Waals surface area (Å²) in [6.07, 6.45) is -3.60. The van der Waals surface area contributed by atoms with Crippen molar-refractivity contribution < 1.29 is 37.0 Å². The molecule has 8 nitrogen and oxygen atoms in total. The van der Waals surface area contributed by atoms with Crippen LogP contribution in [0.3, 0.4) is 0 Å². The third kappa shape index (κ3) is 6.00. The Morgan fingerprint density at radius 1 is 1.06 bits per heavy atom. The van der Waals surface area contributed by atoms with Gasteiger partial charge in [-0.25, -0.2) is 9.59 Å². The molecule has 11 heteroatoms. The third-order valence-electron chi connectivity index (χ3n) is 6.41. The lowest BCUT2D eigenvalue weighted by Gasteiger charge is -2.40. The molecule has 0 unspecified atom stereocenters. The van der Waals surface area contributed by atoms with Gasteiger partial charge in [0.2, 0.25) is 0 Å². The van der Waals surface area contributed by atoms with Crippen LogP contribution in [0.15, 0.2) is 35.5 Å². The van der Waals surface area contributed by atoms with Crippen molar-refractivity contribution in [2.75, 3.05) is 39.4 Å². The number of carbonyl (C=O) groups excluding carboxylic acids is 3. The van der Waals surface area contributed by atoms with Gasteiger partial charge in [-0.1, -0.05) is 18.2 Å². The van der Waals surface area contributed by atoms with Gasteiger partial charge in [0.15, 0.2) is 0 Å². The highest BCUT2D eigenvalue weighted by atomic mass is 19.4. The molecule has 2 amide bonds. The molecule has 1 aromatic rings. The SMILES string of the molecule is CCOC(=O)C1=C(CN2CCC(C(=O)OCC)CC2)N(CC)C(=O)N[C@@H]1c1ccccc1C(F)(F)F. The molecule has 3 rings (SSSR count). The van der Waals surface area contributed by atoms with Crippen molar-refractivity contribution in [1.82, 2.24) is 15.1 Å². The molecule has 0 radical (unpaired) electrons. The highest BCUT2D eigenvalue weighted by Crippen LogP contribution is 2.39. The van der Waals surface area contributed by atoms with E-state index in [-0.39, 0.29) is 42.7 Å². The summed E-state index contributed by atoms with van der Waals surface area (Å²) >= 11 is 0. The van der Waals surface area contributed by atoms with E-state index in [0.717, 1.165) is 6.07 Å². The fourth-order valence-electron chi connectivity index (χ4n) is 4.70. The van der Waals surface area contributed by atoms with Gasteiger partial charge in [-0.3, -0.25) is 14.6 Å². The number of likely N-dealkylation sites (tertiary alicyclic amines) is 1. The molecule has 2 heterocycles. The quantitative estimate of drug-likeness (QED) is 0.533. The van der Waals surface area contributed by atoms with Crippen LogP contribution in [0, 0.1) is 5.92 Å². The summed E-state index contributed by atoms with van der Waals surface area (Å²) < 4.78 is 51.9. The van der Waals surface area contributed by atoms with Crippen LogP contribution >= 0.6 is 0 Å². The smallest absolute Gasteiger partial charge is 0.416 e. The number of hydrogen-bond donors (Lipinski definition) is 1. The number of benzene rings is 1. The summed E-state index contributed by atoms with van der Waals surface area (Å²) in [5.41, 5.74) is -0.883. The van der Waals surface area contributed by atoms with Crippen LogP contribution in [0.2, 0.25) is 0 Å². The second-order valence-electron chi connectivity index (χ2n) is 8.60. The van der Waals surface area contributed by atoms with Crippen molar-refractivity contribution in [2.24, 2.45) is 5.92 Å². The van der Waals surface area contributed by atoms with E-state index in [0.29, 0.717) is 38.2 Å². The van der Waals surface area contributed by atoms with Gasteiger partial charge in [0, 0.05) is 18.8 Å². The monoisotopic (exact) mass is 511 g/mol. The van der Waals surface area contributed by atoms with Crippen molar-refractivity contribution >= 4 is 18.0 Å². The van der Waals surface area contributed by atoms with Gasteiger partial charge in [0.05, 0.1) is 36.3 Å². The molecule has 0 aliphatic carbocycles.